The molecule has 112 valence electrons. The van der Waals surface area contributed by atoms with E-state index in [9.17, 15) is 4.79 Å². The van der Waals surface area contributed by atoms with Gasteiger partial charge in [0.1, 0.15) is 5.69 Å². The van der Waals surface area contributed by atoms with Gasteiger partial charge in [-0.15, -0.1) is 0 Å². The Kier molecular flexibility index (Phi) is 3.82. The van der Waals surface area contributed by atoms with Crippen LogP contribution in [0, 0.1) is 0 Å². The summed E-state index contributed by atoms with van der Waals surface area (Å²) in [6.07, 6.45) is 6.92. The van der Waals surface area contributed by atoms with Crippen molar-refractivity contribution in [1.82, 2.24) is 24.3 Å². The molecular weight excluding hydrogens is 278 g/mol. The lowest BCUT2D eigenvalue weighted by atomic mass is 10.2. The fraction of sp³-hybridized carbons (Fsp3) is 0.250. The molecular formula is C16H17N5O. The molecule has 0 aliphatic carbocycles. The molecule has 0 bridgehead atoms. The minimum absolute atomic E-state index is 0.0484. The van der Waals surface area contributed by atoms with Crippen molar-refractivity contribution in [3.05, 3.63) is 60.4 Å². The van der Waals surface area contributed by atoms with Gasteiger partial charge in [0, 0.05) is 30.8 Å². The Morgan fingerprint density at radius 3 is 2.73 bits per heavy atom. The Morgan fingerprint density at radius 1 is 1.23 bits per heavy atom. The maximum atomic E-state index is 12.8. The first kappa shape index (κ1) is 14.2. The van der Waals surface area contributed by atoms with Crippen molar-refractivity contribution in [2.45, 2.75) is 26.4 Å². The van der Waals surface area contributed by atoms with Gasteiger partial charge < -0.3 is 4.90 Å². The van der Waals surface area contributed by atoms with E-state index < -0.39 is 0 Å². The highest BCUT2D eigenvalue weighted by Crippen LogP contribution is 2.12. The fourth-order valence-electron chi connectivity index (χ4n) is 2.24. The summed E-state index contributed by atoms with van der Waals surface area (Å²) >= 11 is 0. The van der Waals surface area contributed by atoms with Crippen molar-refractivity contribution < 1.29 is 4.79 Å². The zero-order valence-corrected chi connectivity index (χ0v) is 12.5. The Bertz CT molecular complexity index is 748. The average molecular weight is 295 g/mol. The van der Waals surface area contributed by atoms with Crippen LogP contribution in [-0.2, 0) is 6.54 Å². The normalized spacial score (nSPS) is 11.0. The fourth-order valence-corrected chi connectivity index (χ4v) is 2.24. The molecule has 0 atom stereocenters. The second-order valence-corrected chi connectivity index (χ2v) is 5.30. The summed E-state index contributed by atoms with van der Waals surface area (Å²) in [4.78, 5) is 27.2. The molecule has 0 saturated heterocycles. The Morgan fingerprint density at radius 2 is 2.05 bits per heavy atom. The third-order valence-corrected chi connectivity index (χ3v) is 3.40. The van der Waals surface area contributed by atoms with Crippen LogP contribution >= 0.6 is 0 Å². The summed E-state index contributed by atoms with van der Waals surface area (Å²) in [5.74, 6) is 0.401. The van der Waals surface area contributed by atoms with Crippen LogP contribution in [0.25, 0.3) is 5.78 Å². The van der Waals surface area contributed by atoms with Crippen LogP contribution in [-0.4, -0.2) is 36.2 Å². The van der Waals surface area contributed by atoms with Crippen molar-refractivity contribution in [2.24, 2.45) is 0 Å². The van der Waals surface area contributed by atoms with E-state index in [1.807, 2.05) is 38.2 Å². The first-order chi connectivity index (χ1) is 10.6. The third kappa shape index (κ3) is 2.81. The van der Waals surface area contributed by atoms with Crippen LogP contribution in [0.4, 0.5) is 0 Å². The third-order valence-electron chi connectivity index (χ3n) is 3.40. The Labute approximate surface area is 128 Å². The van der Waals surface area contributed by atoms with Crippen molar-refractivity contribution >= 4 is 11.7 Å². The first-order valence-corrected chi connectivity index (χ1v) is 7.16. The Hall–Kier alpha value is -2.76. The molecule has 6 nitrogen and oxygen atoms in total. The van der Waals surface area contributed by atoms with Crippen molar-refractivity contribution in [3.63, 3.8) is 0 Å². The van der Waals surface area contributed by atoms with Gasteiger partial charge in [-0.25, -0.2) is 9.97 Å². The molecule has 0 saturated carbocycles. The van der Waals surface area contributed by atoms with Crippen LogP contribution in [0.3, 0.4) is 0 Å². The van der Waals surface area contributed by atoms with Crippen molar-refractivity contribution in [2.75, 3.05) is 0 Å². The summed E-state index contributed by atoms with van der Waals surface area (Å²) in [6, 6.07) is 7.54. The molecule has 3 aromatic heterocycles. The van der Waals surface area contributed by atoms with Gasteiger partial charge in [0.2, 0.25) is 5.78 Å². The molecule has 3 aromatic rings. The van der Waals surface area contributed by atoms with Crippen molar-refractivity contribution in [3.8, 4) is 0 Å². The molecule has 0 fully saturated rings. The molecule has 0 aliphatic heterocycles. The molecule has 0 unspecified atom stereocenters. The summed E-state index contributed by atoms with van der Waals surface area (Å²) in [5, 5.41) is 0. The van der Waals surface area contributed by atoms with E-state index in [1.165, 1.54) is 0 Å². The first-order valence-electron chi connectivity index (χ1n) is 7.16. The van der Waals surface area contributed by atoms with Gasteiger partial charge in [0.05, 0.1) is 12.2 Å². The number of nitrogens with zero attached hydrogens (tertiary/aromatic N) is 5. The minimum Gasteiger partial charge on any atom is -0.329 e. The summed E-state index contributed by atoms with van der Waals surface area (Å²) < 4.78 is 1.74. The molecule has 0 radical (unpaired) electrons. The zero-order valence-electron chi connectivity index (χ0n) is 12.5. The molecule has 0 N–H and O–H groups in total. The zero-order chi connectivity index (χ0) is 15.5. The summed E-state index contributed by atoms with van der Waals surface area (Å²) in [7, 11) is 0. The van der Waals surface area contributed by atoms with E-state index in [2.05, 4.69) is 15.0 Å². The highest BCUT2D eigenvalue weighted by atomic mass is 16.2. The number of hydrogen-bond acceptors (Lipinski definition) is 4. The predicted octanol–water partition coefficient (Wildman–Crippen LogP) is 2.18. The van der Waals surface area contributed by atoms with Gasteiger partial charge in [0.15, 0.2) is 0 Å². The van der Waals surface area contributed by atoms with Gasteiger partial charge in [-0.3, -0.25) is 14.2 Å². The molecule has 6 heteroatoms. The largest absolute Gasteiger partial charge is 0.329 e. The van der Waals surface area contributed by atoms with Crippen LogP contribution in [0.5, 0.6) is 0 Å². The molecule has 0 aliphatic rings. The molecule has 1 amide bonds. The number of rotatable bonds is 4. The van der Waals surface area contributed by atoms with Crippen LogP contribution < -0.4 is 0 Å². The lowest BCUT2D eigenvalue weighted by Crippen LogP contribution is -2.36. The molecule has 22 heavy (non-hydrogen) atoms. The van der Waals surface area contributed by atoms with Gasteiger partial charge in [-0.2, -0.15) is 0 Å². The second kappa shape index (κ2) is 5.93. The SMILES string of the molecule is CC(C)N(Cc1ccccn1)C(=O)c1cn2cccnc2n1. The predicted molar refractivity (Wildman–Crippen MR) is 82.2 cm³/mol. The van der Waals surface area contributed by atoms with E-state index >= 15 is 0 Å². The number of fused-ring (bicyclic) bond motifs is 1. The highest BCUT2D eigenvalue weighted by molar-refractivity contribution is 5.92. The highest BCUT2D eigenvalue weighted by Gasteiger charge is 2.22. The molecule has 3 heterocycles. The summed E-state index contributed by atoms with van der Waals surface area (Å²) in [5.41, 5.74) is 1.25. The van der Waals surface area contributed by atoms with Gasteiger partial charge in [0.25, 0.3) is 5.91 Å². The number of amides is 1. The van der Waals surface area contributed by atoms with E-state index in [4.69, 9.17) is 0 Å². The van der Waals surface area contributed by atoms with Crippen LogP contribution in [0.15, 0.2) is 49.1 Å². The van der Waals surface area contributed by atoms with Crippen LogP contribution in [0.1, 0.15) is 30.0 Å². The van der Waals surface area contributed by atoms with Gasteiger partial charge >= 0.3 is 0 Å². The number of pyridine rings is 1. The molecule has 0 aromatic carbocycles. The lowest BCUT2D eigenvalue weighted by molar-refractivity contribution is 0.0682. The Balaban J connectivity index is 1.89. The standard InChI is InChI=1S/C16H17N5O/c1-12(2)21(10-13-6-3-4-7-17-13)15(22)14-11-20-9-5-8-18-16(20)19-14/h3-9,11-12H,10H2,1-2H3. The number of imidazole rings is 1. The quantitative estimate of drug-likeness (QED) is 0.740. The van der Waals surface area contributed by atoms with Gasteiger partial charge in [-0.1, -0.05) is 6.07 Å². The van der Waals surface area contributed by atoms with Crippen LogP contribution in [0.2, 0.25) is 0 Å². The smallest absolute Gasteiger partial charge is 0.274 e. The lowest BCUT2D eigenvalue weighted by Gasteiger charge is -2.25. The number of hydrogen-bond donors (Lipinski definition) is 0. The number of carbonyl (C=O) groups is 1. The average Bonchev–Trinajstić information content (AvgIpc) is 2.97. The number of aromatic nitrogens is 4. The molecule has 0 spiro atoms. The maximum absolute atomic E-state index is 12.8. The summed E-state index contributed by atoms with van der Waals surface area (Å²) in [6.45, 7) is 4.42. The maximum Gasteiger partial charge on any atom is 0.274 e. The monoisotopic (exact) mass is 295 g/mol. The van der Waals surface area contributed by atoms with E-state index in [0.29, 0.717) is 18.0 Å². The van der Waals surface area contributed by atoms with E-state index in [1.54, 1.807) is 34.0 Å². The second-order valence-electron chi connectivity index (χ2n) is 5.30. The number of carbonyl (C=O) groups excluding carboxylic acids is 1. The van der Waals surface area contributed by atoms with E-state index in [0.717, 1.165) is 5.69 Å². The van der Waals surface area contributed by atoms with Crippen molar-refractivity contribution in [1.29, 1.82) is 0 Å². The topological polar surface area (TPSA) is 63.4 Å². The van der Waals surface area contributed by atoms with E-state index in [-0.39, 0.29) is 11.9 Å². The minimum atomic E-state index is -0.119. The van der Waals surface area contributed by atoms with Gasteiger partial charge in [-0.05, 0) is 32.0 Å². The molecule has 3 rings (SSSR count).